The molecule has 1 saturated carbocycles. The van der Waals surface area contributed by atoms with Crippen LogP contribution in [-0.4, -0.2) is 76.0 Å². The summed E-state index contributed by atoms with van der Waals surface area (Å²) < 4.78 is 36.5. The summed E-state index contributed by atoms with van der Waals surface area (Å²) in [6, 6.07) is 5.42. The molecule has 0 radical (unpaired) electrons. The molecule has 1 saturated heterocycles. The molecule has 0 amide bonds. The zero-order valence-corrected chi connectivity index (χ0v) is 24.8. The van der Waals surface area contributed by atoms with Crippen molar-refractivity contribution in [2.45, 2.75) is 89.5 Å². The highest BCUT2D eigenvalue weighted by Gasteiger charge is 2.32. The van der Waals surface area contributed by atoms with Gasteiger partial charge in [-0.3, -0.25) is 9.69 Å². The summed E-state index contributed by atoms with van der Waals surface area (Å²) in [5.41, 5.74) is 1.17. The van der Waals surface area contributed by atoms with Crippen molar-refractivity contribution in [2.24, 2.45) is 0 Å². The summed E-state index contributed by atoms with van der Waals surface area (Å²) in [6.07, 6.45) is 9.99. The predicted octanol–water partition coefficient (Wildman–Crippen LogP) is 4.16. The SMILES string of the molecule is CCCCCCc1nc(C)c2c(=O)[nH]c(-c3cc(S(=O)(=O)N4CCN(C5CCCC5)CC4)ccc3OCC)nn12. The van der Waals surface area contributed by atoms with Crippen LogP contribution in [0.1, 0.15) is 76.7 Å². The molecule has 11 heteroatoms. The lowest BCUT2D eigenvalue weighted by atomic mass is 10.1. The van der Waals surface area contributed by atoms with Crippen molar-refractivity contribution in [3.05, 3.63) is 40.1 Å². The first-order valence-corrected chi connectivity index (χ1v) is 16.3. The lowest BCUT2D eigenvalue weighted by Crippen LogP contribution is -2.51. The normalized spacial score (nSPS) is 17.7. The Labute approximate surface area is 236 Å². The monoisotopic (exact) mass is 570 g/mol. The van der Waals surface area contributed by atoms with Gasteiger partial charge in [0.15, 0.2) is 11.3 Å². The standard InChI is InChI=1S/C29H42N6O4S/c1-4-6-7-8-13-26-30-21(3)27-29(36)31-28(32-35(26)27)24-20-23(14-15-25(24)39-5-2)40(37,38)34-18-16-33(17-19-34)22-11-9-10-12-22/h14-15,20,22H,4-13,16-19H2,1-3H3,(H,31,32,36). The summed E-state index contributed by atoms with van der Waals surface area (Å²) in [4.78, 5) is 23.3. The van der Waals surface area contributed by atoms with Crippen molar-refractivity contribution in [1.29, 1.82) is 0 Å². The van der Waals surface area contributed by atoms with E-state index in [0.717, 1.165) is 44.6 Å². The molecule has 0 unspecified atom stereocenters. The van der Waals surface area contributed by atoms with E-state index in [0.29, 0.717) is 54.7 Å². The highest BCUT2D eigenvalue weighted by atomic mass is 32.2. The van der Waals surface area contributed by atoms with E-state index < -0.39 is 10.0 Å². The Hall–Kier alpha value is -2.76. The molecule has 3 aromatic rings. The largest absolute Gasteiger partial charge is 0.493 e. The number of benzene rings is 1. The number of hydrogen-bond donors (Lipinski definition) is 1. The van der Waals surface area contributed by atoms with Crippen LogP contribution < -0.4 is 10.3 Å². The zero-order valence-electron chi connectivity index (χ0n) is 24.0. The number of H-pyrrole nitrogens is 1. The van der Waals surface area contributed by atoms with Crippen molar-refractivity contribution >= 4 is 15.5 Å². The molecule has 0 bridgehead atoms. The predicted molar refractivity (Wildman–Crippen MR) is 155 cm³/mol. The van der Waals surface area contributed by atoms with Crippen LogP contribution in [0.2, 0.25) is 0 Å². The molecule has 5 rings (SSSR count). The van der Waals surface area contributed by atoms with Crippen LogP contribution in [-0.2, 0) is 16.4 Å². The quantitative estimate of drug-likeness (QED) is 0.345. The minimum absolute atomic E-state index is 0.171. The van der Waals surface area contributed by atoms with Crippen LogP contribution in [0.15, 0.2) is 27.9 Å². The number of nitrogens with one attached hydrogen (secondary N) is 1. The van der Waals surface area contributed by atoms with Crippen LogP contribution >= 0.6 is 0 Å². The fraction of sp³-hybridized carbons (Fsp3) is 0.621. The van der Waals surface area contributed by atoms with Gasteiger partial charge >= 0.3 is 0 Å². The van der Waals surface area contributed by atoms with Gasteiger partial charge in [-0.2, -0.15) is 4.31 Å². The van der Waals surface area contributed by atoms with Crippen LogP contribution in [0, 0.1) is 6.92 Å². The van der Waals surface area contributed by atoms with Crippen molar-refractivity contribution in [3.8, 4) is 17.1 Å². The van der Waals surface area contributed by atoms with Crippen LogP contribution in [0.25, 0.3) is 16.9 Å². The van der Waals surface area contributed by atoms with Crippen LogP contribution in [0.5, 0.6) is 5.75 Å². The van der Waals surface area contributed by atoms with Gasteiger partial charge in [0.2, 0.25) is 10.0 Å². The number of nitrogens with zero attached hydrogens (tertiary/aromatic N) is 5. The maximum atomic E-state index is 13.7. The number of ether oxygens (including phenoxy) is 1. The third-order valence-corrected chi connectivity index (χ3v) is 10.1. The lowest BCUT2D eigenvalue weighted by molar-refractivity contribution is 0.139. The third kappa shape index (κ3) is 5.82. The summed E-state index contributed by atoms with van der Waals surface area (Å²) >= 11 is 0. The number of piperazine rings is 1. The van der Waals surface area contributed by atoms with Crippen molar-refractivity contribution < 1.29 is 13.2 Å². The van der Waals surface area contributed by atoms with Crippen molar-refractivity contribution in [3.63, 3.8) is 0 Å². The van der Waals surface area contributed by atoms with Gasteiger partial charge in [0, 0.05) is 38.6 Å². The van der Waals surface area contributed by atoms with E-state index in [1.165, 1.54) is 25.7 Å². The first-order valence-electron chi connectivity index (χ1n) is 14.8. The maximum Gasteiger partial charge on any atom is 0.277 e. The smallest absolute Gasteiger partial charge is 0.277 e. The topological polar surface area (TPSA) is 113 Å². The Morgan fingerprint density at radius 3 is 2.50 bits per heavy atom. The van der Waals surface area contributed by atoms with Gasteiger partial charge < -0.3 is 9.72 Å². The van der Waals surface area contributed by atoms with E-state index in [1.54, 1.807) is 27.0 Å². The molecule has 0 spiro atoms. The molecule has 2 aromatic heterocycles. The second kappa shape index (κ2) is 12.4. The highest BCUT2D eigenvalue weighted by molar-refractivity contribution is 7.89. The van der Waals surface area contributed by atoms with Gasteiger partial charge in [0.1, 0.15) is 11.6 Å². The maximum absolute atomic E-state index is 13.7. The van der Waals surface area contributed by atoms with Crippen molar-refractivity contribution in [1.82, 2.24) is 28.8 Å². The fourth-order valence-electron chi connectivity index (χ4n) is 6.09. The van der Waals surface area contributed by atoms with Gasteiger partial charge in [0.25, 0.3) is 5.56 Å². The highest BCUT2D eigenvalue weighted by Crippen LogP contribution is 2.32. The lowest BCUT2D eigenvalue weighted by Gasteiger charge is -2.37. The van der Waals surface area contributed by atoms with E-state index >= 15 is 0 Å². The first-order chi connectivity index (χ1) is 19.3. The summed E-state index contributed by atoms with van der Waals surface area (Å²) in [6.45, 7) is 8.68. The average Bonchev–Trinajstić information content (AvgIpc) is 3.60. The molecule has 2 aliphatic rings. The third-order valence-electron chi connectivity index (χ3n) is 8.25. The summed E-state index contributed by atoms with van der Waals surface area (Å²) in [7, 11) is -3.73. The van der Waals surface area contributed by atoms with Gasteiger partial charge in [-0.05, 0) is 51.3 Å². The Balaban J connectivity index is 1.47. The molecule has 3 heterocycles. The minimum atomic E-state index is -3.73. The van der Waals surface area contributed by atoms with Gasteiger partial charge in [-0.1, -0.05) is 39.0 Å². The fourth-order valence-corrected chi connectivity index (χ4v) is 7.54. The van der Waals surface area contributed by atoms with E-state index in [-0.39, 0.29) is 16.3 Å². The molecule has 1 aromatic carbocycles. The van der Waals surface area contributed by atoms with E-state index in [4.69, 9.17) is 9.84 Å². The number of hydrogen-bond acceptors (Lipinski definition) is 7. The molecule has 1 aliphatic carbocycles. The molecule has 40 heavy (non-hydrogen) atoms. The number of sulfonamides is 1. The summed E-state index contributed by atoms with van der Waals surface area (Å²) in [5, 5.41) is 4.76. The molecule has 0 atom stereocenters. The number of aryl methyl sites for hydroxylation is 2. The number of imidazole rings is 1. The second-order valence-corrected chi connectivity index (χ2v) is 12.9. The van der Waals surface area contributed by atoms with Gasteiger partial charge in [-0.15, -0.1) is 5.10 Å². The Morgan fingerprint density at radius 1 is 1.05 bits per heavy atom. The Morgan fingerprint density at radius 2 is 1.80 bits per heavy atom. The zero-order chi connectivity index (χ0) is 28.3. The molecular formula is C29H42N6O4S. The average molecular weight is 571 g/mol. The summed E-state index contributed by atoms with van der Waals surface area (Å²) in [5.74, 6) is 1.46. The molecular weight excluding hydrogens is 528 g/mol. The van der Waals surface area contributed by atoms with E-state index in [1.807, 2.05) is 13.8 Å². The number of aromatic amines is 1. The molecule has 218 valence electrons. The molecule has 10 nitrogen and oxygen atoms in total. The number of fused-ring (bicyclic) bond motifs is 1. The first kappa shape index (κ1) is 28.8. The Bertz CT molecular complexity index is 1480. The number of unbranched alkanes of at least 4 members (excludes halogenated alkanes) is 3. The Kier molecular flexibility index (Phi) is 8.92. The van der Waals surface area contributed by atoms with Gasteiger partial charge in [0.05, 0.1) is 22.8 Å². The second-order valence-electron chi connectivity index (χ2n) is 11.0. The molecule has 1 N–H and O–H groups in total. The van der Waals surface area contributed by atoms with Crippen LogP contribution in [0.4, 0.5) is 0 Å². The number of rotatable bonds is 11. The number of aromatic nitrogens is 4. The van der Waals surface area contributed by atoms with Crippen molar-refractivity contribution in [2.75, 3.05) is 32.8 Å². The van der Waals surface area contributed by atoms with E-state index in [9.17, 15) is 13.2 Å². The molecule has 2 fully saturated rings. The minimum Gasteiger partial charge on any atom is -0.493 e. The van der Waals surface area contributed by atoms with Gasteiger partial charge in [-0.25, -0.2) is 17.9 Å². The van der Waals surface area contributed by atoms with Crippen LogP contribution in [0.3, 0.4) is 0 Å². The van der Waals surface area contributed by atoms with E-state index in [2.05, 4.69) is 21.8 Å². The molecule has 1 aliphatic heterocycles.